The van der Waals surface area contributed by atoms with Crippen LogP contribution in [0.15, 0.2) is 24.4 Å². The summed E-state index contributed by atoms with van der Waals surface area (Å²) in [6.45, 7) is 5.98. The van der Waals surface area contributed by atoms with Crippen LogP contribution in [-0.2, 0) is 13.5 Å². The number of anilines is 1. The van der Waals surface area contributed by atoms with Gasteiger partial charge in [0, 0.05) is 18.4 Å². The van der Waals surface area contributed by atoms with Crippen LogP contribution in [-0.4, -0.2) is 15.7 Å². The number of nitrogens with one attached hydrogen (secondary N) is 1. The topological polar surface area (TPSA) is 46.9 Å². The van der Waals surface area contributed by atoms with E-state index >= 15 is 0 Å². The van der Waals surface area contributed by atoms with Crippen LogP contribution in [0.4, 0.5) is 5.69 Å². The molecule has 100 valence electrons. The standard InChI is InChI=1S/C15H19N3O/c1-5-12-8-6-7-10(2)14(12)17-15(19)13-9-16-18(4)11(13)3/h6-9H,5H2,1-4H3,(H,17,19). The Kier molecular flexibility index (Phi) is 3.69. The normalized spacial score (nSPS) is 10.5. The van der Waals surface area contributed by atoms with Crippen LogP contribution in [0.3, 0.4) is 0 Å². The molecular weight excluding hydrogens is 238 g/mol. The van der Waals surface area contributed by atoms with Crippen LogP contribution >= 0.6 is 0 Å². The third-order valence-corrected chi connectivity index (χ3v) is 3.46. The van der Waals surface area contributed by atoms with Crippen LogP contribution in [0.25, 0.3) is 0 Å². The van der Waals surface area contributed by atoms with E-state index < -0.39 is 0 Å². The van der Waals surface area contributed by atoms with Gasteiger partial charge in [-0.15, -0.1) is 0 Å². The Morgan fingerprint density at radius 2 is 2.11 bits per heavy atom. The van der Waals surface area contributed by atoms with E-state index in [1.807, 2.05) is 39.1 Å². The third kappa shape index (κ3) is 2.52. The lowest BCUT2D eigenvalue weighted by Gasteiger charge is -2.12. The van der Waals surface area contributed by atoms with Gasteiger partial charge in [0.15, 0.2) is 0 Å². The fourth-order valence-electron chi connectivity index (χ4n) is 2.10. The van der Waals surface area contributed by atoms with Crippen molar-refractivity contribution in [2.45, 2.75) is 27.2 Å². The highest BCUT2D eigenvalue weighted by Crippen LogP contribution is 2.22. The van der Waals surface area contributed by atoms with E-state index in [9.17, 15) is 4.79 Å². The molecule has 0 spiro atoms. The van der Waals surface area contributed by atoms with Gasteiger partial charge in [-0.3, -0.25) is 9.48 Å². The van der Waals surface area contributed by atoms with E-state index in [-0.39, 0.29) is 5.91 Å². The molecular formula is C15H19N3O. The average molecular weight is 257 g/mol. The van der Waals surface area contributed by atoms with Crippen molar-refractivity contribution in [3.8, 4) is 0 Å². The Morgan fingerprint density at radius 3 is 2.68 bits per heavy atom. The van der Waals surface area contributed by atoms with E-state index in [0.717, 1.165) is 28.9 Å². The summed E-state index contributed by atoms with van der Waals surface area (Å²) in [7, 11) is 1.83. The number of rotatable bonds is 3. The Balaban J connectivity index is 2.32. The SMILES string of the molecule is CCc1cccc(C)c1NC(=O)c1cnn(C)c1C. The average Bonchev–Trinajstić information content (AvgIpc) is 2.72. The molecule has 1 aromatic carbocycles. The molecule has 1 heterocycles. The van der Waals surface area contributed by atoms with Crippen molar-refractivity contribution in [3.05, 3.63) is 46.8 Å². The first-order chi connectivity index (χ1) is 9.04. The summed E-state index contributed by atoms with van der Waals surface area (Å²) < 4.78 is 1.70. The summed E-state index contributed by atoms with van der Waals surface area (Å²) >= 11 is 0. The van der Waals surface area contributed by atoms with Gasteiger partial charge in [-0.05, 0) is 31.4 Å². The number of para-hydroxylation sites is 1. The first-order valence-corrected chi connectivity index (χ1v) is 6.43. The first kappa shape index (κ1) is 13.3. The highest BCUT2D eigenvalue weighted by molar-refractivity contribution is 6.05. The van der Waals surface area contributed by atoms with Gasteiger partial charge in [0.2, 0.25) is 0 Å². The quantitative estimate of drug-likeness (QED) is 0.919. The van der Waals surface area contributed by atoms with E-state index in [2.05, 4.69) is 17.3 Å². The zero-order valence-corrected chi connectivity index (χ0v) is 11.8. The van der Waals surface area contributed by atoms with Gasteiger partial charge in [-0.25, -0.2) is 0 Å². The minimum Gasteiger partial charge on any atom is -0.321 e. The number of carbonyl (C=O) groups excluding carboxylic acids is 1. The van der Waals surface area contributed by atoms with Gasteiger partial charge in [-0.1, -0.05) is 25.1 Å². The zero-order valence-electron chi connectivity index (χ0n) is 11.8. The van der Waals surface area contributed by atoms with E-state index in [1.54, 1.807) is 10.9 Å². The number of benzene rings is 1. The first-order valence-electron chi connectivity index (χ1n) is 6.43. The second kappa shape index (κ2) is 5.26. The number of nitrogens with zero attached hydrogens (tertiary/aromatic N) is 2. The van der Waals surface area contributed by atoms with Crippen LogP contribution < -0.4 is 5.32 Å². The predicted molar refractivity (Wildman–Crippen MR) is 76.5 cm³/mol. The minimum absolute atomic E-state index is 0.102. The monoisotopic (exact) mass is 257 g/mol. The van der Waals surface area contributed by atoms with Crippen LogP contribution in [0, 0.1) is 13.8 Å². The number of hydrogen-bond acceptors (Lipinski definition) is 2. The Morgan fingerprint density at radius 1 is 1.37 bits per heavy atom. The maximum Gasteiger partial charge on any atom is 0.259 e. The molecule has 0 atom stereocenters. The smallest absolute Gasteiger partial charge is 0.259 e. The Labute approximate surface area is 113 Å². The second-order valence-electron chi connectivity index (χ2n) is 4.68. The molecule has 4 heteroatoms. The van der Waals surface area contributed by atoms with E-state index in [1.165, 1.54) is 0 Å². The molecule has 4 nitrogen and oxygen atoms in total. The van der Waals surface area contributed by atoms with Gasteiger partial charge in [0.05, 0.1) is 11.8 Å². The van der Waals surface area contributed by atoms with Gasteiger partial charge in [0.1, 0.15) is 0 Å². The molecule has 0 radical (unpaired) electrons. The fourth-order valence-corrected chi connectivity index (χ4v) is 2.10. The summed E-state index contributed by atoms with van der Waals surface area (Å²) in [6.07, 6.45) is 2.50. The van der Waals surface area contributed by atoms with E-state index in [4.69, 9.17) is 0 Å². The molecule has 0 bridgehead atoms. The van der Waals surface area contributed by atoms with Crippen LogP contribution in [0.1, 0.15) is 34.1 Å². The molecule has 0 saturated heterocycles. The number of carbonyl (C=O) groups is 1. The van der Waals surface area contributed by atoms with Crippen LogP contribution in [0.2, 0.25) is 0 Å². The molecule has 0 aliphatic rings. The highest BCUT2D eigenvalue weighted by Gasteiger charge is 2.15. The molecule has 19 heavy (non-hydrogen) atoms. The summed E-state index contributed by atoms with van der Waals surface area (Å²) in [5.74, 6) is -0.102. The molecule has 2 rings (SSSR count). The zero-order chi connectivity index (χ0) is 14.0. The van der Waals surface area contributed by atoms with Crippen molar-refractivity contribution in [3.63, 3.8) is 0 Å². The van der Waals surface area contributed by atoms with Gasteiger partial charge >= 0.3 is 0 Å². The molecule has 0 aliphatic carbocycles. The van der Waals surface area contributed by atoms with Crippen molar-refractivity contribution < 1.29 is 4.79 Å². The summed E-state index contributed by atoms with van der Waals surface area (Å²) in [5.41, 5.74) is 4.62. The Bertz CT molecular complexity index is 614. The molecule has 1 N–H and O–H groups in total. The summed E-state index contributed by atoms with van der Waals surface area (Å²) in [4.78, 5) is 12.3. The molecule has 2 aromatic rings. The molecule has 1 amide bonds. The molecule has 1 aromatic heterocycles. The van der Waals surface area contributed by atoms with Crippen molar-refractivity contribution in [1.29, 1.82) is 0 Å². The molecule has 0 aliphatic heterocycles. The van der Waals surface area contributed by atoms with Crippen molar-refractivity contribution >= 4 is 11.6 Å². The lowest BCUT2D eigenvalue weighted by Crippen LogP contribution is -2.15. The minimum atomic E-state index is -0.102. The van der Waals surface area contributed by atoms with E-state index in [0.29, 0.717) is 5.56 Å². The number of amides is 1. The van der Waals surface area contributed by atoms with Gasteiger partial charge < -0.3 is 5.32 Å². The second-order valence-corrected chi connectivity index (χ2v) is 4.68. The van der Waals surface area contributed by atoms with Crippen molar-refractivity contribution in [1.82, 2.24) is 9.78 Å². The van der Waals surface area contributed by atoms with Gasteiger partial charge in [0.25, 0.3) is 5.91 Å². The summed E-state index contributed by atoms with van der Waals surface area (Å²) in [5, 5.41) is 7.11. The highest BCUT2D eigenvalue weighted by atomic mass is 16.1. The van der Waals surface area contributed by atoms with Crippen molar-refractivity contribution in [2.75, 3.05) is 5.32 Å². The van der Waals surface area contributed by atoms with Crippen molar-refractivity contribution in [2.24, 2.45) is 7.05 Å². The predicted octanol–water partition coefficient (Wildman–Crippen LogP) is 2.85. The lowest BCUT2D eigenvalue weighted by molar-refractivity contribution is 0.102. The largest absolute Gasteiger partial charge is 0.321 e. The molecule has 0 fully saturated rings. The third-order valence-electron chi connectivity index (χ3n) is 3.46. The number of hydrogen-bond donors (Lipinski definition) is 1. The maximum atomic E-state index is 12.3. The summed E-state index contributed by atoms with van der Waals surface area (Å²) in [6, 6.07) is 6.06. The molecule has 0 unspecified atom stereocenters. The number of aryl methyl sites for hydroxylation is 3. The Hall–Kier alpha value is -2.10. The lowest BCUT2D eigenvalue weighted by atomic mass is 10.1. The maximum absolute atomic E-state index is 12.3. The number of aromatic nitrogens is 2. The van der Waals surface area contributed by atoms with Crippen LogP contribution in [0.5, 0.6) is 0 Å². The fraction of sp³-hybridized carbons (Fsp3) is 0.333. The van der Waals surface area contributed by atoms with Gasteiger partial charge in [-0.2, -0.15) is 5.10 Å². The molecule has 0 saturated carbocycles.